The van der Waals surface area contributed by atoms with Gasteiger partial charge in [-0.05, 0) is 11.6 Å². The quantitative estimate of drug-likeness (QED) is 0.734. The third-order valence-electron chi connectivity index (χ3n) is 2.20. The van der Waals surface area contributed by atoms with Crippen LogP contribution in [0.5, 0.6) is 0 Å². The van der Waals surface area contributed by atoms with E-state index >= 15 is 0 Å². The Morgan fingerprint density at radius 2 is 1.75 bits per heavy atom. The van der Waals surface area contributed by atoms with Gasteiger partial charge in [-0.3, -0.25) is 0 Å². The first-order valence-electron chi connectivity index (χ1n) is 4.74. The minimum absolute atomic E-state index is 0.552. The van der Waals surface area contributed by atoms with Crippen LogP contribution in [0.1, 0.15) is 16.0 Å². The maximum absolute atomic E-state index is 12.3. The highest BCUT2D eigenvalue weighted by Gasteiger charge is 2.31. The molecule has 1 heterocycles. The summed E-state index contributed by atoms with van der Waals surface area (Å²) in [6.07, 6.45) is -3.67. The predicted molar refractivity (Wildman–Crippen MR) is 58.6 cm³/mol. The van der Waals surface area contributed by atoms with E-state index in [2.05, 4.69) is 0 Å². The average molecular weight is 242 g/mol. The van der Waals surface area contributed by atoms with E-state index in [4.69, 9.17) is 0 Å². The number of benzene rings is 1. The molecule has 0 radical (unpaired) electrons. The van der Waals surface area contributed by atoms with Crippen molar-refractivity contribution in [3.63, 3.8) is 0 Å². The van der Waals surface area contributed by atoms with E-state index in [9.17, 15) is 13.2 Å². The second kappa shape index (κ2) is 4.29. The molecule has 0 aliphatic rings. The van der Waals surface area contributed by atoms with Gasteiger partial charge < -0.3 is 0 Å². The Hall–Kier alpha value is -1.29. The Bertz CT molecular complexity index is 457. The molecule has 0 unspecified atom stereocenters. The van der Waals surface area contributed by atoms with Crippen molar-refractivity contribution in [2.45, 2.75) is 12.6 Å². The first-order valence-corrected chi connectivity index (χ1v) is 5.62. The molecule has 0 aliphatic carbocycles. The molecule has 4 heteroatoms. The highest BCUT2D eigenvalue weighted by atomic mass is 32.1. The molecule has 0 fully saturated rings. The van der Waals surface area contributed by atoms with Crippen LogP contribution >= 0.6 is 11.3 Å². The molecule has 2 aromatic rings. The van der Waals surface area contributed by atoms with Gasteiger partial charge in [0, 0.05) is 16.7 Å². The Balaban J connectivity index is 2.15. The van der Waals surface area contributed by atoms with E-state index in [-0.39, 0.29) is 0 Å². The lowest BCUT2D eigenvalue weighted by Gasteiger charge is -2.01. The van der Waals surface area contributed by atoms with E-state index in [1.54, 1.807) is 0 Å². The van der Waals surface area contributed by atoms with Crippen molar-refractivity contribution >= 4 is 11.3 Å². The van der Waals surface area contributed by atoms with Gasteiger partial charge in [0.05, 0.1) is 5.56 Å². The highest BCUT2D eigenvalue weighted by molar-refractivity contribution is 7.10. The van der Waals surface area contributed by atoms with Gasteiger partial charge in [-0.25, -0.2) is 0 Å². The Morgan fingerprint density at radius 1 is 1.06 bits per heavy atom. The van der Waals surface area contributed by atoms with Gasteiger partial charge in [0.25, 0.3) is 0 Å². The van der Waals surface area contributed by atoms with Gasteiger partial charge in [0.2, 0.25) is 0 Å². The van der Waals surface area contributed by atoms with Gasteiger partial charge in [0.15, 0.2) is 0 Å². The van der Waals surface area contributed by atoms with E-state index in [0.717, 1.165) is 27.2 Å². The summed E-state index contributed by atoms with van der Waals surface area (Å²) >= 11 is 1.15. The number of rotatable bonds is 2. The lowest BCUT2D eigenvalue weighted by molar-refractivity contribution is -0.137. The monoisotopic (exact) mass is 242 g/mol. The lowest BCUT2D eigenvalue weighted by Crippen LogP contribution is -2.02. The molecular weight excluding hydrogens is 233 g/mol. The molecule has 2 rings (SSSR count). The van der Waals surface area contributed by atoms with Gasteiger partial charge in [-0.2, -0.15) is 13.2 Å². The van der Waals surface area contributed by atoms with Crippen molar-refractivity contribution in [1.29, 1.82) is 0 Å². The lowest BCUT2D eigenvalue weighted by atomic mass is 10.1. The normalized spacial score (nSPS) is 11.7. The number of alkyl halides is 3. The predicted octanol–water partition coefficient (Wildman–Crippen LogP) is 4.36. The van der Waals surface area contributed by atoms with Crippen LogP contribution < -0.4 is 0 Å². The maximum Gasteiger partial charge on any atom is 0.417 e. The molecule has 1 aromatic heterocycles. The smallest absolute Gasteiger partial charge is 0.166 e. The first kappa shape index (κ1) is 11.2. The van der Waals surface area contributed by atoms with Crippen molar-refractivity contribution in [1.82, 2.24) is 0 Å². The van der Waals surface area contributed by atoms with E-state index in [1.807, 2.05) is 30.3 Å². The molecule has 0 N–H and O–H groups in total. The summed E-state index contributed by atoms with van der Waals surface area (Å²) in [5, 5.41) is 1.16. The number of thiophene rings is 1. The SMILES string of the molecule is FC(F)(F)c1csc(Cc2ccccc2)c1. The summed E-state index contributed by atoms with van der Waals surface area (Å²) in [6.45, 7) is 0. The minimum Gasteiger partial charge on any atom is -0.166 e. The van der Waals surface area contributed by atoms with Crippen LogP contribution in [0.3, 0.4) is 0 Å². The Labute approximate surface area is 95.4 Å². The Kier molecular flexibility index (Phi) is 3.01. The Morgan fingerprint density at radius 3 is 2.31 bits per heavy atom. The molecule has 1 aromatic carbocycles. The van der Waals surface area contributed by atoms with Crippen LogP contribution in [0.2, 0.25) is 0 Å². The molecule has 16 heavy (non-hydrogen) atoms. The second-order valence-electron chi connectivity index (χ2n) is 3.46. The minimum atomic E-state index is -4.23. The molecular formula is C12H9F3S. The summed E-state index contributed by atoms with van der Waals surface area (Å²) in [5.41, 5.74) is 0.474. The fraction of sp³-hybridized carbons (Fsp3) is 0.167. The number of halogens is 3. The second-order valence-corrected chi connectivity index (χ2v) is 4.46. The van der Waals surface area contributed by atoms with Crippen LogP contribution in [0.4, 0.5) is 13.2 Å². The molecule has 84 valence electrons. The molecule has 0 atom stereocenters. The summed E-state index contributed by atoms with van der Waals surface area (Å²) in [5.74, 6) is 0. The summed E-state index contributed by atoms with van der Waals surface area (Å²) < 4.78 is 37.0. The average Bonchev–Trinajstić information content (AvgIpc) is 2.67. The van der Waals surface area contributed by atoms with E-state index < -0.39 is 11.7 Å². The summed E-state index contributed by atoms with van der Waals surface area (Å²) in [6, 6.07) is 10.7. The maximum atomic E-state index is 12.3. The highest BCUT2D eigenvalue weighted by Crippen LogP contribution is 2.33. The van der Waals surface area contributed by atoms with Crippen LogP contribution in [0, 0.1) is 0 Å². The third kappa shape index (κ3) is 2.64. The number of hydrogen-bond acceptors (Lipinski definition) is 1. The van der Waals surface area contributed by atoms with Gasteiger partial charge in [-0.1, -0.05) is 30.3 Å². The first-order chi connectivity index (χ1) is 7.55. The van der Waals surface area contributed by atoms with Crippen LogP contribution in [-0.2, 0) is 12.6 Å². The fourth-order valence-electron chi connectivity index (χ4n) is 1.42. The molecule has 0 aliphatic heterocycles. The zero-order valence-corrected chi connectivity index (χ0v) is 9.11. The molecule has 0 amide bonds. The van der Waals surface area contributed by atoms with Gasteiger partial charge in [-0.15, -0.1) is 11.3 Å². The summed E-state index contributed by atoms with van der Waals surface area (Å²) in [4.78, 5) is 0.735. The van der Waals surface area contributed by atoms with Crippen molar-refractivity contribution in [3.8, 4) is 0 Å². The van der Waals surface area contributed by atoms with Crippen LogP contribution in [-0.4, -0.2) is 0 Å². The molecule has 0 saturated heterocycles. The molecule has 0 saturated carbocycles. The fourth-order valence-corrected chi connectivity index (χ4v) is 2.34. The van der Waals surface area contributed by atoms with Gasteiger partial charge >= 0.3 is 6.18 Å². The van der Waals surface area contributed by atoms with Crippen molar-refractivity contribution in [2.24, 2.45) is 0 Å². The molecule has 0 bridgehead atoms. The largest absolute Gasteiger partial charge is 0.417 e. The van der Waals surface area contributed by atoms with E-state index in [1.165, 1.54) is 6.07 Å². The van der Waals surface area contributed by atoms with Crippen molar-refractivity contribution < 1.29 is 13.2 Å². The van der Waals surface area contributed by atoms with Gasteiger partial charge in [0.1, 0.15) is 0 Å². The van der Waals surface area contributed by atoms with E-state index in [0.29, 0.717) is 6.42 Å². The zero-order chi connectivity index (χ0) is 11.6. The van der Waals surface area contributed by atoms with Crippen LogP contribution in [0.15, 0.2) is 41.8 Å². The summed E-state index contributed by atoms with van der Waals surface area (Å²) in [7, 11) is 0. The zero-order valence-electron chi connectivity index (χ0n) is 8.29. The number of hydrogen-bond donors (Lipinski definition) is 0. The topological polar surface area (TPSA) is 0 Å². The van der Waals surface area contributed by atoms with Crippen molar-refractivity contribution in [2.75, 3.05) is 0 Å². The van der Waals surface area contributed by atoms with Crippen molar-refractivity contribution in [3.05, 3.63) is 57.8 Å². The van der Waals surface area contributed by atoms with Crippen LogP contribution in [0.25, 0.3) is 0 Å². The molecule has 0 nitrogen and oxygen atoms in total. The third-order valence-corrected chi connectivity index (χ3v) is 3.14. The standard InChI is InChI=1S/C12H9F3S/c13-12(14,15)10-7-11(16-8-10)6-9-4-2-1-3-5-9/h1-5,7-8H,6H2. The molecule has 0 spiro atoms.